The van der Waals surface area contributed by atoms with E-state index in [1.807, 2.05) is 62.4 Å². The first kappa shape index (κ1) is 22.4. The molecule has 4 heteroatoms. The topological polar surface area (TPSA) is 47.6 Å². The summed E-state index contributed by atoms with van der Waals surface area (Å²) >= 11 is 0. The van der Waals surface area contributed by atoms with E-state index < -0.39 is 0 Å². The zero-order valence-electron chi connectivity index (χ0n) is 18.6. The zero-order valence-corrected chi connectivity index (χ0v) is 18.6. The molecule has 0 aliphatic carbocycles. The second-order valence-corrected chi connectivity index (χ2v) is 7.47. The molecule has 1 N–H and O–H groups in total. The number of carbonyl (C=O) groups excluding carboxylic acids is 1. The molecule has 0 aromatic heterocycles. The molecule has 1 amide bonds. The summed E-state index contributed by atoms with van der Waals surface area (Å²) in [6, 6.07) is 24.1. The Morgan fingerprint density at radius 1 is 0.839 bits per heavy atom. The Labute approximate surface area is 185 Å². The molecule has 0 aliphatic heterocycles. The predicted molar refractivity (Wildman–Crippen MR) is 125 cm³/mol. The zero-order chi connectivity index (χ0) is 22.1. The number of benzene rings is 3. The lowest BCUT2D eigenvalue weighted by Gasteiger charge is -2.20. The maximum absolute atomic E-state index is 12.9. The van der Waals surface area contributed by atoms with Gasteiger partial charge in [0.15, 0.2) is 11.5 Å². The molecule has 0 spiro atoms. The van der Waals surface area contributed by atoms with E-state index in [0.717, 1.165) is 28.2 Å². The van der Waals surface area contributed by atoms with Gasteiger partial charge in [-0.1, -0.05) is 66.2 Å². The van der Waals surface area contributed by atoms with Crippen molar-refractivity contribution in [3.05, 3.63) is 95.1 Å². The van der Waals surface area contributed by atoms with Crippen molar-refractivity contribution in [2.45, 2.75) is 39.7 Å². The van der Waals surface area contributed by atoms with Gasteiger partial charge in [0, 0.05) is 6.42 Å². The average molecular weight is 418 g/mol. The van der Waals surface area contributed by atoms with Gasteiger partial charge in [0.25, 0.3) is 0 Å². The summed E-state index contributed by atoms with van der Waals surface area (Å²) in [5.74, 6) is 1.48. The molecule has 3 aromatic rings. The molecule has 162 valence electrons. The van der Waals surface area contributed by atoms with Crippen LogP contribution < -0.4 is 14.8 Å². The second-order valence-electron chi connectivity index (χ2n) is 7.47. The Hall–Kier alpha value is -3.27. The molecule has 1 atom stereocenters. The third-order valence-electron chi connectivity index (χ3n) is 5.10. The van der Waals surface area contributed by atoms with E-state index in [1.165, 1.54) is 5.56 Å². The van der Waals surface area contributed by atoms with Crippen LogP contribution in [-0.2, 0) is 11.2 Å². The largest absolute Gasteiger partial charge is 0.490 e. The van der Waals surface area contributed by atoms with Crippen LogP contribution in [0.1, 0.15) is 48.6 Å². The minimum Gasteiger partial charge on any atom is -0.490 e. The van der Waals surface area contributed by atoms with Crippen LogP contribution in [0, 0.1) is 6.92 Å². The molecule has 0 radical (unpaired) electrons. The van der Waals surface area contributed by atoms with Crippen molar-refractivity contribution in [3.8, 4) is 11.5 Å². The van der Waals surface area contributed by atoms with Crippen LogP contribution >= 0.6 is 0 Å². The number of carbonyl (C=O) groups is 1. The number of nitrogens with one attached hydrogen (secondary N) is 1. The lowest BCUT2D eigenvalue weighted by atomic mass is 9.97. The first-order valence-electron chi connectivity index (χ1n) is 10.9. The van der Waals surface area contributed by atoms with Gasteiger partial charge in [-0.3, -0.25) is 4.79 Å². The number of ether oxygens (including phenoxy) is 2. The monoisotopic (exact) mass is 417 g/mol. The Balaban J connectivity index is 1.70. The van der Waals surface area contributed by atoms with Crippen molar-refractivity contribution < 1.29 is 14.3 Å². The summed E-state index contributed by atoms with van der Waals surface area (Å²) < 4.78 is 11.3. The van der Waals surface area contributed by atoms with Gasteiger partial charge in [0.2, 0.25) is 5.91 Å². The minimum atomic E-state index is -0.173. The third kappa shape index (κ3) is 6.35. The van der Waals surface area contributed by atoms with Crippen LogP contribution in [0.25, 0.3) is 0 Å². The van der Waals surface area contributed by atoms with Gasteiger partial charge < -0.3 is 14.8 Å². The van der Waals surface area contributed by atoms with Gasteiger partial charge in [-0.15, -0.1) is 0 Å². The fraction of sp³-hybridized carbons (Fsp3) is 0.296. The molecule has 0 saturated carbocycles. The quantitative estimate of drug-likeness (QED) is 0.465. The minimum absolute atomic E-state index is 0.0151. The van der Waals surface area contributed by atoms with Crippen molar-refractivity contribution >= 4 is 5.91 Å². The standard InChI is InChI=1S/C27H31NO3/c1-4-30-24-17-13-21(19-25(24)31-5-2)14-18-26(29)28-27(22-9-7-6-8-10-22)23-15-11-20(3)12-16-23/h6-13,15-17,19,27H,4-5,14,18H2,1-3H3,(H,28,29)/t27-/m1/s1. The van der Waals surface area contributed by atoms with Gasteiger partial charge in [-0.25, -0.2) is 0 Å². The van der Waals surface area contributed by atoms with Crippen LogP contribution in [0.2, 0.25) is 0 Å². The van der Waals surface area contributed by atoms with Crippen LogP contribution in [0.4, 0.5) is 0 Å². The molecule has 3 rings (SSSR count). The summed E-state index contributed by atoms with van der Waals surface area (Å²) in [5.41, 5.74) is 4.39. The lowest BCUT2D eigenvalue weighted by Crippen LogP contribution is -2.29. The second kappa shape index (κ2) is 11.2. The summed E-state index contributed by atoms with van der Waals surface area (Å²) in [6.07, 6.45) is 1.03. The molecule has 0 heterocycles. The van der Waals surface area contributed by atoms with E-state index in [1.54, 1.807) is 0 Å². The van der Waals surface area contributed by atoms with E-state index in [2.05, 4.69) is 36.5 Å². The Kier molecular flexibility index (Phi) is 8.11. The summed E-state index contributed by atoms with van der Waals surface area (Å²) in [4.78, 5) is 12.9. The Morgan fingerprint density at radius 2 is 1.48 bits per heavy atom. The highest BCUT2D eigenvalue weighted by atomic mass is 16.5. The highest BCUT2D eigenvalue weighted by molar-refractivity contribution is 5.77. The highest BCUT2D eigenvalue weighted by Gasteiger charge is 2.17. The molecule has 31 heavy (non-hydrogen) atoms. The lowest BCUT2D eigenvalue weighted by molar-refractivity contribution is -0.121. The van der Waals surface area contributed by atoms with E-state index in [-0.39, 0.29) is 11.9 Å². The number of hydrogen-bond acceptors (Lipinski definition) is 3. The van der Waals surface area contributed by atoms with Crippen LogP contribution in [0.5, 0.6) is 11.5 Å². The number of amides is 1. The number of rotatable bonds is 10. The smallest absolute Gasteiger partial charge is 0.221 e. The van der Waals surface area contributed by atoms with E-state index in [0.29, 0.717) is 26.1 Å². The molecule has 0 bridgehead atoms. The van der Waals surface area contributed by atoms with Gasteiger partial charge in [-0.2, -0.15) is 0 Å². The van der Waals surface area contributed by atoms with Crippen LogP contribution in [0.15, 0.2) is 72.8 Å². The third-order valence-corrected chi connectivity index (χ3v) is 5.10. The number of hydrogen-bond donors (Lipinski definition) is 1. The first-order valence-corrected chi connectivity index (χ1v) is 10.9. The summed E-state index contributed by atoms with van der Waals surface area (Å²) in [6.45, 7) is 7.12. The van der Waals surface area contributed by atoms with Gasteiger partial charge in [0.05, 0.1) is 19.3 Å². The fourth-order valence-electron chi connectivity index (χ4n) is 3.51. The number of aryl methyl sites for hydroxylation is 2. The SMILES string of the molecule is CCOc1ccc(CCC(=O)N[C@H](c2ccccc2)c2ccc(C)cc2)cc1OCC. The fourth-order valence-corrected chi connectivity index (χ4v) is 3.51. The van der Waals surface area contributed by atoms with E-state index >= 15 is 0 Å². The molecule has 0 unspecified atom stereocenters. The van der Waals surface area contributed by atoms with Crippen molar-refractivity contribution in [1.82, 2.24) is 5.32 Å². The van der Waals surface area contributed by atoms with E-state index in [4.69, 9.17) is 9.47 Å². The van der Waals surface area contributed by atoms with Crippen LogP contribution in [0.3, 0.4) is 0 Å². The molecule has 0 saturated heterocycles. The van der Waals surface area contributed by atoms with Crippen molar-refractivity contribution in [2.24, 2.45) is 0 Å². The Morgan fingerprint density at radius 3 is 2.16 bits per heavy atom. The average Bonchev–Trinajstić information content (AvgIpc) is 2.79. The molecule has 4 nitrogen and oxygen atoms in total. The molecule has 0 aliphatic rings. The summed E-state index contributed by atoms with van der Waals surface area (Å²) in [5, 5.41) is 3.22. The van der Waals surface area contributed by atoms with Crippen molar-refractivity contribution in [2.75, 3.05) is 13.2 Å². The summed E-state index contributed by atoms with van der Waals surface area (Å²) in [7, 11) is 0. The van der Waals surface area contributed by atoms with Gasteiger partial charge >= 0.3 is 0 Å². The van der Waals surface area contributed by atoms with Crippen LogP contribution in [-0.4, -0.2) is 19.1 Å². The highest BCUT2D eigenvalue weighted by Crippen LogP contribution is 2.29. The van der Waals surface area contributed by atoms with Gasteiger partial charge in [-0.05, 0) is 56.0 Å². The predicted octanol–water partition coefficient (Wildman–Crippen LogP) is 5.63. The van der Waals surface area contributed by atoms with Crippen molar-refractivity contribution in [1.29, 1.82) is 0 Å². The van der Waals surface area contributed by atoms with E-state index in [9.17, 15) is 4.79 Å². The maximum Gasteiger partial charge on any atom is 0.221 e. The molecular weight excluding hydrogens is 386 g/mol. The molecule has 3 aromatic carbocycles. The maximum atomic E-state index is 12.9. The van der Waals surface area contributed by atoms with Crippen molar-refractivity contribution in [3.63, 3.8) is 0 Å². The normalized spacial score (nSPS) is 11.6. The first-order chi connectivity index (χ1) is 15.1. The van der Waals surface area contributed by atoms with Gasteiger partial charge in [0.1, 0.15) is 0 Å². The Bertz CT molecular complexity index is 968. The molecular formula is C27H31NO3. The molecule has 0 fully saturated rings.